The van der Waals surface area contributed by atoms with Gasteiger partial charge < -0.3 is 5.73 Å². The van der Waals surface area contributed by atoms with Gasteiger partial charge in [-0.15, -0.1) is 0 Å². The van der Waals surface area contributed by atoms with Crippen molar-refractivity contribution in [1.82, 2.24) is 0 Å². The van der Waals surface area contributed by atoms with Crippen LogP contribution >= 0.6 is 0 Å². The molecule has 2 unspecified atom stereocenters. The number of allylic oxidation sites excluding steroid dienone is 1. The Morgan fingerprint density at radius 2 is 1.91 bits per heavy atom. The summed E-state index contributed by atoms with van der Waals surface area (Å²) in [5.74, 6) is 1.70. The first-order chi connectivity index (χ1) is 5.33. The SMILES string of the molecule is NC1C(/C=C/C2CC2)C12CC2. The highest BCUT2D eigenvalue weighted by atomic mass is 14.9. The summed E-state index contributed by atoms with van der Waals surface area (Å²) in [5.41, 5.74) is 6.59. The van der Waals surface area contributed by atoms with E-state index in [1.165, 1.54) is 25.7 Å². The topological polar surface area (TPSA) is 26.0 Å². The van der Waals surface area contributed by atoms with Gasteiger partial charge in [0.2, 0.25) is 0 Å². The average molecular weight is 149 g/mol. The molecule has 0 amide bonds. The van der Waals surface area contributed by atoms with Crippen molar-refractivity contribution in [3.63, 3.8) is 0 Å². The van der Waals surface area contributed by atoms with Crippen molar-refractivity contribution < 1.29 is 0 Å². The molecule has 0 bridgehead atoms. The third-order valence-electron chi connectivity index (χ3n) is 3.65. The molecule has 1 nitrogen and oxygen atoms in total. The Morgan fingerprint density at radius 3 is 2.36 bits per heavy atom. The van der Waals surface area contributed by atoms with Gasteiger partial charge in [0, 0.05) is 6.04 Å². The zero-order valence-corrected chi connectivity index (χ0v) is 6.79. The Balaban J connectivity index is 1.64. The van der Waals surface area contributed by atoms with Gasteiger partial charge >= 0.3 is 0 Å². The first-order valence-electron chi connectivity index (χ1n) is 4.77. The largest absolute Gasteiger partial charge is 0.327 e. The van der Waals surface area contributed by atoms with Gasteiger partial charge in [-0.25, -0.2) is 0 Å². The number of hydrogen-bond donors (Lipinski definition) is 1. The predicted octanol–water partition coefficient (Wildman–Crippen LogP) is 1.69. The standard InChI is InChI=1S/C10H15N/c11-9-8(10(9)5-6-10)4-3-7-1-2-7/h3-4,7-9H,1-2,5-6,11H2/b4-3+. The van der Waals surface area contributed by atoms with E-state index in [0.29, 0.717) is 11.5 Å². The van der Waals surface area contributed by atoms with E-state index in [2.05, 4.69) is 12.2 Å². The predicted molar refractivity (Wildman–Crippen MR) is 45.0 cm³/mol. The maximum absolute atomic E-state index is 5.96. The molecule has 11 heavy (non-hydrogen) atoms. The van der Waals surface area contributed by atoms with Crippen molar-refractivity contribution in [2.75, 3.05) is 0 Å². The molecule has 0 aromatic carbocycles. The van der Waals surface area contributed by atoms with Crippen molar-refractivity contribution >= 4 is 0 Å². The van der Waals surface area contributed by atoms with Gasteiger partial charge in [-0.2, -0.15) is 0 Å². The summed E-state index contributed by atoms with van der Waals surface area (Å²) in [7, 11) is 0. The summed E-state index contributed by atoms with van der Waals surface area (Å²) >= 11 is 0. The third-order valence-corrected chi connectivity index (χ3v) is 3.65. The highest BCUT2D eigenvalue weighted by molar-refractivity contribution is 5.29. The number of nitrogens with two attached hydrogens (primary N) is 1. The van der Waals surface area contributed by atoms with Gasteiger partial charge in [-0.1, -0.05) is 12.2 Å². The Labute approximate surface area is 67.7 Å². The van der Waals surface area contributed by atoms with E-state index < -0.39 is 0 Å². The second-order valence-electron chi connectivity index (χ2n) is 4.51. The van der Waals surface area contributed by atoms with Crippen LogP contribution in [0.1, 0.15) is 25.7 Å². The minimum absolute atomic E-state index is 0.525. The van der Waals surface area contributed by atoms with Crippen LogP contribution in [-0.2, 0) is 0 Å². The molecule has 0 radical (unpaired) electrons. The van der Waals surface area contributed by atoms with Crippen molar-refractivity contribution in [2.24, 2.45) is 23.0 Å². The fourth-order valence-electron chi connectivity index (χ4n) is 2.24. The fourth-order valence-corrected chi connectivity index (χ4v) is 2.24. The van der Waals surface area contributed by atoms with Crippen molar-refractivity contribution in [3.05, 3.63) is 12.2 Å². The first kappa shape index (κ1) is 6.24. The normalized spacial score (nSPS) is 45.2. The van der Waals surface area contributed by atoms with Crippen LogP contribution < -0.4 is 5.73 Å². The quantitative estimate of drug-likeness (QED) is 0.594. The van der Waals surface area contributed by atoms with Crippen LogP contribution in [0.3, 0.4) is 0 Å². The minimum atomic E-state index is 0.525. The molecule has 3 rings (SSSR count). The van der Waals surface area contributed by atoms with E-state index >= 15 is 0 Å². The molecule has 3 aliphatic carbocycles. The van der Waals surface area contributed by atoms with Gasteiger partial charge in [0.05, 0.1) is 0 Å². The molecule has 1 spiro atoms. The van der Waals surface area contributed by atoms with Crippen LogP contribution in [0.4, 0.5) is 0 Å². The molecule has 3 saturated carbocycles. The molecule has 0 aliphatic heterocycles. The maximum Gasteiger partial charge on any atom is 0.0171 e. The summed E-state index contributed by atoms with van der Waals surface area (Å²) in [6, 6.07) is 0.525. The molecule has 60 valence electrons. The lowest BCUT2D eigenvalue weighted by Gasteiger charge is -1.82. The van der Waals surface area contributed by atoms with E-state index in [4.69, 9.17) is 5.73 Å². The molecule has 0 heterocycles. The monoisotopic (exact) mass is 149 g/mol. The van der Waals surface area contributed by atoms with E-state index in [1.54, 1.807) is 0 Å². The lowest BCUT2D eigenvalue weighted by Crippen LogP contribution is -2.02. The van der Waals surface area contributed by atoms with E-state index in [0.717, 1.165) is 11.8 Å². The molecule has 3 aliphatic rings. The van der Waals surface area contributed by atoms with Crippen molar-refractivity contribution in [3.8, 4) is 0 Å². The Morgan fingerprint density at radius 1 is 1.18 bits per heavy atom. The third kappa shape index (κ3) is 0.807. The highest BCUT2D eigenvalue weighted by Gasteiger charge is 2.68. The zero-order valence-electron chi connectivity index (χ0n) is 6.79. The van der Waals surface area contributed by atoms with Crippen LogP contribution in [0, 0.1) is 17.3 Å². The van der Waals surface area contributed by atoms with Crippen molar-refractivity contribution in [1.29, 1.82) is 0 Å². The maximum atomic E-state index is 5.96. The zero-order chi connectivity index (χ0) is 7.47. The van der Waals surface area contributed by atoms with Crippen LogP contribution in [0.2, 0.25) is 0 Å². The molecule has 3 fully saturated rings. The molecule has 1 heteroatoms. The van der Waals surface area contributed by atoms with Gasteiger partial charge in [0.1, 0.15) is 0 Å². The molecule has 0 aromatic rings. The Hall–Kier alpha value is -0.300. The van der Waals surface area contributed by atoms with E-state index in [-0.39, 0.29) is 0 Å². The van der Waals surface area contributed by atoms with E-state index in [9.17, 15) is 0 Å². The van der Waals surface area contributed by atoms with E-state index in [1.807, 2.05) is 0 Å². The minimum Gasteiger partial charge on any atom is -0.327 e. The molecule has 2 atom stereocenters. The van der Waals surface area contributed by atoms with Crippen LogP contribution in [-0.4, -0.2) is 6.04 Å². The summed E-state index contributed by atoms with van der Waals surface area (Å²) in [6.07, 6.45) is 10.4. The molecule has 0 aromatic heterocycles. The Bertz CT molecular complexity index is 211. The number of rotatable bonds is 2. The smallest absolute Gasteiger partial charge is 0.0171 e. The van der Waals surface area contributed by atoms with Gasteiger partial charge in [0.25, 0.3) is 0 Å². The summed E-state index contributed by atoms with van der Waals surface area (Å²) in [5, 5.41) is 0. The molecular weight excluding hydrogens is 134 g/mol. The van der Waals surface area contributed by atoms with Crippen LogP contribution in [0.5, 0.6) is 0 Å². The molecular formula is C10H15N. The summed E-state index contributed by atoms with van der Waals surface area (Å²) in [4.78, 5) is 0. The average Bonchev–Trinajstić information content (AvgIpc) is 2.85. The van der Waals surface area contributed by atoms with Gasteiger partial charge in [-0.3, -0.25) is 0 Å². The second-order valence-corrected chi connectivity index (χ2v) is 4.51. The van der Waals surface area contributed by atoms with Gasteiger partial charge in [0.15, 0.2) is 0 Å². The highest BCUT2D eigenvalue weighted by Crippen LogP contribution is 2.70. The van der Waals surface area contributed by atoms with Crippen LogP contribution in [0.25, 0.3) is 0 Å². The first-order valence-corrected chi connectivity index (χ1v) is 4.77. The van der Waals surface area contributed by atoms with Crippen molar-refractivity contribution in [2.45, 2.75) is 31.7 Å². The Kier molecular flexibility index (Phi) is 0.972. The second kappa shape index (κ2) is 1.71. The number of hydrogen-bond acceptors (Lipinski definition) is 1. The molecule has 2 N–H and O–H groups in total. The lowest BCUT2D eigenvalue weighted by atomic mass is 10.2. The lowest BCUT2D eigenvalue weighted by molar-refractivity contribution is 0.799. The van der Waals surface area contributed by atoms with Crippen LogP contribution in [0.15, 0.2) is 12.2 Å². The summed E-state index contributed by atoms with van der Waals surface area (Å²) in [6.45, 7) is 0. The van der Waals surface area contributed by atoms with Gasteiger partial charge in [-0.05, 0) is 42.9 Å². The summed E-state index contributed by atoms with van der Waals surface area (Å²) < 4.78 is 0. The molecule has 0 saturated heterocycles. The fraction of sp³-hybridized carbons (Fsp3) is 0.800.